The predicted octanol–water partition coefficient (Wildman–Crippen LogP) is 17.7. The van der Waals surface area contributed by atoms with Gasteiger partial charge in [-0.15, -0.1) is 5.73 Å². The quantitative estimate of drug-likeness (QED) is 0.112. The number of hydrogen-bond donors (Lipinski definition) is 0. The molecule has 69 heavy (non-hydrogen) atoms. The van der Waals surface area contributed by atoms with Crippen molar-refractivity contribution in [3.05, 3.63) is 275 Å². The van der Waals surface area contributed by atoms with Gasteiger partial charge in [0.25, 0.3) is 0 Å². The van der Waals surface area contributed by atoms with E-state index >= 15 is 0 Å². The number of benzene rings is 6. The third-order valence-corrected chi connectivity index (χ3v) is 14.1. The third-order valence-electron chi connectivity index (χ3n) is 14.1. The fourth-order valence-corrected chi connectivity index (χ4v) is 10.3. The molecule has 0 N–H and O–H groups in total. The van der Waals surface area contributed by atoms with Gasteiger partial charge in [-0.2, -0.15) is 0 Å². The van der Waals surface area contributed by atoms with Gasteiger partial charge in [-0.25, -0.2) is 0 Å². The van der Waals surface area contributed by atoms with Gasteiger partial charge in [0.2, 0.25) is 0 Å². The molecule has 0 saturated carbocycles. The van der Waals surface area contributed by atoms with Crippen molar-refractivity contribution >= 4 is 50.5 Å². The molecule has 0 saturated heterocycles. The number of hydrogen-bond acceptors (Lipinski definition) is 2. The molecule has 2 atom stereocenters. The van der Waals surface area contributed by atoms with Gasteiger partial charge in [-0.3, -0.25) is 0 Å². The Morgan fingerprint density at radius 2 is 1.42 bits per heavy atom. The lowest BCUT2D eigenvalue weighted by Crippen LogP contribution is -2.22. The molecule has 11 rings (SSSR count). The van der Waals surface area contributed by atoms with E-state index in [1.165, 1.54) is 54.9 Å². The minimum absolute atomic E-state index is 0.0291. The summed E-state index contributed by atoms with van der Waals surface area (Å²) in [6.07, 6.45) is 35.4. The van der Waals surface area contributed by atoms with E-state index in [9.17, 15) is 0 Å². The van der Waals surface area contributed by atoms with Gasteiger partial charge >= 0.3 is 0 Å². The van der Waals surface area contributed by atoms with Gasteiger partial charge < -0.3 is 9.32 Å². The lowest BCUT2D eigenvalue weighted by molar-refractivity contribution is 0.541. The van der Waals surface area contributed by atoms with E-state index in [1.54, 1.807) is 0 Å². The van der Waals surface area contributed by atoms with Gasteiger partial charge in [-0.1, -0.05) is 190 Å². The fraction of sp³-hybridized carbons (Fsp3) is 0.119. The number of aryl methyl sites for hydroxylation is 1. The van der Waals surface area contributed by atoms with Crippen LogP contribution in [0.15, 0.2) is 246 Å². The first-order valence-corrected chi connectivity index (χ1v) is 24.3. The standard InChI is InChI=1S/C67H55NO/c1-45-29-31-49(32-30-45)20-17-28-64-48(4)63-44-53(50-21-8-5-9-22-50)37-40-58(67(63)69-64)54-34-33-52-42-56(43-54)68(41-16-6-7-18-46(52)2)55-38-35-51(36-39-55)65-59-24-12-14-26-61(59)66(57-23-11-10-19-47(57)3)62-27-15-13-25-60(62)65/h5-19,21-29,31-39,42-45,52H,2,20,30,41H2,1,3-4H3/b16-6-,18-7-,28-17-. The number of fused-ring (bicyclic) bond motifs is 4. The Balaban J connectivity index is 1.01. The Morgan fingerprint density at radius 1 is 0.710 bits per heavy atom. The summed E-state index contributed by atoms with van der Waals surface area (Å²) in [5.74, 6) is 2.25. The summed E-state index contributed by atoms with van der Waals surface area (Å²) in [6, 6.07) is 46.3. The molecule has 0 amide bonds. The van der Waals surface area contributed by atoms with Crippen molar-refractivity contribution in [3.63, 3.8) is 0 Å². The number of nitrogens with zero attached hydrogens (tertiary/aromatic N) is 1. The van der Waals surface area contributed by atoms with E-state index in [2.05, 4.69) is 257 Å². The molecule has 0 spiro atoms. The van der Waals surface area contributed by atoms with E-state index in [4.69, 9.17) is 4.42 Å². The van der Waals surface area contributed by atoms with Crippen LogP contribution in [0.2, 0.25) is 0 Å². The van der Waals surface area contributed by atoms with Crippen molar-refractivity contribution in [3.8, 4) is 22.3 Å². The summed E-state index contributed by atoms with van der Waals surface area (Å²) in [6.45, 7) is 11.9. The highest BCUT2D eigenvalue weighted by atomic mass is 16.3. The zero-order valence-electron chi connectivity index (χ0n) is 39.6. The van der Waals surface area contributed by atoms with Crippen molar-refractivity contribution in [2.24, 2.45) is 11.8 Å². The SMILES string of the molecule is C=C1/C=C\C=C/CN(c2ccc(-c3c4ccccc4c(-c4ccccc4C)c4ccccc34)cc2)C2=CC1C=CC(C1=C=CC(c3ccccc3)=Cc3c1oc(/C=C\CC1=CCC(C)C=C1)c3C)=C2. The molecule has 0 radical (unpaired) electrons. The molecule has 0 fully saturated rings. The van der Waals surface area contributed by atoms with Crippen molar-refractivity contribution in [1.82, 2.24) is 0 Å². The van der Waals surface area contributed by atoms with Crippen LogP contribution in [0.25, 0.3) is 67.1 Å². The zero-order valence-corrected chi connectivity index (χ0v) is 39.6. The second-order valence-corrected chi connectivity index (χ2v) is 18.7. The average molecular weight is 890 g/mol. The van der Waals surface area contributed by atoms with E-state index < -0.39 is 0 Å². The summed E-state index contributed by atoms with van der Waals surface area (Å²) >= 11 is 0. The van der Waals surface area contributed by atoms with Crippen LogP contribution in [0.1, 0.15) is 53.5 Å². The lowest BCUT2D eigenvalue weighted by Gasteiger charge is -2.27. The second kappa shape index (κ2) is 18.8. The normalized spacial score (nSPS) is 18.8. The molecule has 2 bridgehead atoms. The van der Waals surface area contributed by atoms with Crippen LogP contribution < -0.4 is 4.90 Å². The maximum absolute atomic E-state index is 6.97. The molecule has 7 aromatic rings. The van der Waals surface area contributed by atoms with Gasteiger partial charge in [-0.05, 0) is 152 Å². The van der Waals surface area contributed by atoms with E-state index in [1.807, 2.05) is 0 Å². The Bertz CT molecular complexity index is 3480. The van der Waals surface area contributed by atoms with Crippen LogP contribution >= 0.6 is 0 Å². The first kappa shape index (κ1) is 43.4. The second-order valence-electron chi connectivity index (χ2n) is 18.7. The van der Waals surface area contributed by atoms with Gasteiger partial charge in [0, 0.05) is 35.0 Å². The highest BCUT2D eigenvalue weighted by molar-refractivity contribution is 6.21. The van der Waals surface area contributed by atoms with Crippen molar-refractivity contribution < 1.29 is 4.42 Å². The molecule has 2 nitrogen and oxygen atoms in total. The molecule has 2 heteroatoms. The van der Waals surface area contributed by atoms with Crippen LogP contribution in [0.3, 0.4) is 0 Å². The van der Waals surface area contributed by atoms with Crippen molar-refractivity contribution in [2.45, 2.75) is 33.6 Å². The number of allylic oxidation sites excluding steroid dienone is 16. The molecule has 1 aliphatic heterocycles. The topological polar surface area (TPSA) is 16.4 Å². The van der Waals surface area contributed by atoms with Crippen molar-refractivity contribution in [1.29, 1.82) is 0 Å². The minimum atomic E-state index is -0.0291. The average Bonchev–Trinajstić information content (AvgIpc) is 3.51. The molecule has 6 aromatic carbocycles. The molecule has 2 heterocycles. The minimum Gasteiger partial charge on any atom is -0.455 e. The Labute approximate surface area is 407 Å². The zero-order chi connectivity index (χ0) is 46.8. The third kappa shape index (κ3) is 8.57. The summed E-state index contributed by atoms with van der Waals surface area (Å²) in [7, 11) is 0. The van der Waals surface area contributed by atoms with Crippen LogP contribution in [0, 0.1) is 25.7 Å². The van der Waals surface area contributed by atoms with E-state index in [0.717, 1.165) is 74.7 Å². The number of furan rings is 1. The van der Waals surface area contributed by atoms with Crippen LogP contribution in [0.5, 0.6) is 0 Å². The highest BCUT2D eigenvalue weighted by Crippen LogP contribution is 2.45. The maximum atomic E-state index is 6.97. The molecular formula is C67H55NO. The lowest BCUT2D eigenvalue weighted by atomic mass is 9.85. The largest absolute Gasteiger partial charge is 0.455 e. The Morgan fingerprint density at radius 3 is 2.14 bits per heavy atom. The van der Waals surface area contributed by atoms with E-state index in [0.29, 0.717) is 12.5 Å². The van der Waals surface area contributed by atoms with Crippen LogP contribution in [-0.4, -0.2) is 6.54 Å². The Hall–Kier alpha value is -8.16. The first-order valence-electron chi connectivity index (χ1n) is 24.3. The highest BCUT2D eigenvalue weighted by Gasteiger charge is 2.25. The first-order chi connectivity index (χ1) is 33.9. The van der Waals surface area contributed by atoms with Gasteiger partial charge in [0.15, 0.2) is 5.76 Å². The summed E-state index contributed by atoms with van der Waals surface area (Å²) in [4.78, 5) is 2.41. The number of rotatable bonds is 8. The van der Waals surface area contributed by atoms with E-state index in [-0.39, 0.29) is 5.92 Å². The molecule has 1 aromatic heterocycles. The molecular weight excluding hydrogens is 835 g/mol. The summed E-state index contributed by atoms with van der Waals surface area (Å²) in [5.41, 5.74) is 20.9. The number of anilines is 1. The molecule has 4 aliphatic rings. The van der Waals surface area contributed by atoms with Gasteiger partial charge in [0.05, 0.1) is 5.57 Å². The van der Waals surface area contributed by atoms with Crippen LogP contribution in [-0.2, 0) is 0 Å². The summed E-state index contributed by atoms with van der Waals surface area (Å²) < 4.78 is 6.97. The van der Waals surface area contributed by atoms with Crippen molar-refractivity contribution in [2.75, 3.05) is 11.4 Å². The smallest absolute Gasteiger partial charge is 0.150 e. The maximum Gasteiger partial charge on any atom is 0.150 e. The molecule has 2 unspecified atom stereocenters. The van der Waals surface area contributed by atoms with Crippen LogP contribution in [0.4, 0.5) is 5.69 Å². The Kier molecular flexibility index (Phi) is 11.9. The van der Waals surface area contributed by atoms with Gasteiger partial charge in [0.1, 0.15) is 5.76 Å². The fourth-order valence-electron chi connectivity index (χ4n) is 10.3. The predicted molar refractivity (Wildman–Crippen MR) is 295 cm³/mol. The molecule has 334 valence electrons. The monoisotopic (exact) mass is 889 g/mol. The molecule has 3 aliphatic carbocycles. The summed E-state index contributed by atoms with van der Waals surface area (Å²) in [5, 5.41) is 5.01.